The van der Waals surface area contributed by atoms with E-state index in [1.165, 1.54) is 0 Å². The van der Waals surface area contributed by atoms with Gasteiger partial charge >= 0.3 is 0 Å². The molecule has 0 aliphatic carbocycles. The Bertz CT molecular complexity index is 714. The number of nitrogens with one attached hydrogen (secondary N) is 1. The van der Waals surface area contributed by atoms with E-state index in [0.717, 1.165) is 16.6 Å². The van der Waals surface area contributed by atoms with Crippen LogP contribution in [-0.2, 0) is 6.54 Å². The summed E-state index contributed by atoms with van der Waals surface area (Å²) < 4.78 is 4.94. The Hall–Kier alpha value is -2.34. The quantitative estimate of drug-likeness (QED) is 0.636. The van der Waals surface area contributed by atoms with Crippen molar-refractivity contribution < 1.29 is 9.63 Å². The zero-order valence-corrected chi connectivity index (χ0v) is 9.77. The van der Waals surface area contributed by atoms with E-state index in [2.05, 4.69) is 15.1 Å². The Morgan fingerprint density at radius 2 is 2.28 bits per heavy atom. The Balaban J connectivity index is 2.19. The van der Waals surface area contributed by atoms with Crippen LogP contribution in [0.25, 0.3) is 22.3 Å². The fraction of sp³-hybridized carbons (Fsp3) is 0.167. The second-order valence-electron chi connectivity index (χ2n) is 4.09. The minimum Gasteiger partial charge on any atom is -0.506 e. The number of nitrogens with two attached hydrogens (primary N) is 1. The highest BCUT2D eigenvalue weighted by atomic mass is 16.5. The summed E-state index contributed by atoms with van der Waals surface area (Å²) in [7, 11) is 0. The highest BCUT2D eigenvalue weighted by Gasteiger charge is 2.15. The molecule has 0 aliphatic heterocycles. The predicted molar refractivity (Wildman–Crippen MR) is 65.9 cm³/mol. The fourth-order valence-corrected chi connectivity index (χ4v) is 1.96. The van der Waals surface area contributed by atoms with Gasteiger partial charge in [0.15, 0.2) is 0 Å². The first-order chi connectivity index (χ1) is 8.69. The van der Waals surface area contributed by atoms with Gasteiger partial charge in [-0.05, 0) is 25.1 Å². The van der Waals surface area contributed by atoms with Gasteiger partial charge in [0.2, 0.25) is 11.7 Å². The zero-order chi connectivity index (χ0) is 12.7. The molecule has 18 heavy (non-hydrogen) atoms. The summed E-state index contributed by atoms with van der Waals surface area (Å²) in [5.74, 6) is 0.824. The minimum atomic E-state index is 0.140. The number of rotatable bonds is 2. The lowest BCUT2D eigenvalue weighted by atomic mass is 10.1. The highest BCUT2D eigenvalue weighted by Crippen LogP contribution is 2.34. The maximum atomic E-state index is 10.2. The van der Waals surface area contributed by atoms with E-state index in [-0.39, 0.29) is 12.3 Å². The van der Waals surface area contributed by atoms with Crippen molar-refractivity contribution in [3.8, 4) is 17.1 Å². The van der Waals surface area contributed by atoms with E-state index in [0.29, 0.717) is 17.3 Å². The van der Waals surface area contributed by atoms with Crippen molar-refractivity contribution in [2.45, 2.75) is 13.5 Å². The molecule has 0 spiro atoms. The lowest BCUT2D eigenvalue weighted by Crippen LogP contribution is -1.95. The minimum absolute atomic E-state index is 0.140. The molecule has 0 saturated carbocycles. The highest BCUT2D eigenvalue weighted by molar-refractivity contribution is 5.92. The number of phenols is 1. The van der Waals surface area contributed by atoms with Gasteiger partial charge in [-0.1, -0.05) is 5.16 Å². The molecule has 2 aromatic heterocycles. The van der Waals surface area contributed by atoms with Gasteiger partial charge in [0.05, 0.1) is 12.1 Å². The lowest BCUT2D eigenvalue weighted by molar-refractivity contribution is 0.380. The molecule has 1 aromatic carbocycles. The molecule has 0 radical (unpaired) electrons. The van der Waals surface area contributed by atoms with Crippen molar-refractivity contribution >= 4 is 10.9 Å². The molecule has 0 saturated heterocycles. The lowest BCUT2D eigenvalue weighted by Gasteiger charge is -2.00. The van der Waals surface area contributed by atoms with E-state index >= 15 is 0 Å². The van der Waals surface area contributed by atoms with Crippen LogP contribution in [0.5, 0.6) is 5.75 Å². The number of H-pyrrole nitrogens is 1. The molecule has 6 heteroatoms. The zero-order valence-electron chi connectivity index (χ0n) is 9.77. The standard InChI is InChI=1S/C12H12N4O2/c1-6-4-8-9(14-6)3-2-7(11(8)17)12-15-10(5-13)18-16-12/h2-4,14,17H,5,13H2,1H3. The number of aromatic nitrogens is 3. The van der Waals surface area contributed by atoms with E-state index in [1.807, 2.05) is 19.1 Å². The maximum absolute atomic E-state index is 10.2. The molecule has 0 aliphatic rings. The maximum Gasteiger partial charge on any atom is 0.240 e. The first kappa shape index (κ1) is 10.8. The topological polar surface area (TPSA) is 101 Å². The van der Waals surface area contributed by atoms with Gasteiger partial charge in [-0.2, -0.15) is 4.98 Å². The van der Waals surface area contributed by atoms with Crippen molar-refractivity contribution in [2.75, 3.05) is 0 Å². The number of aromatic amines is 1. The Morgan fingerprint density at radius 1 is 1.44 bits per heavy atom. The molecule has 0 bridgehead atoms. The Kier molecular flexibility index (Phi) is 2.31. The number of hydrogen-bond donors (Lipinski definition) is 3. The third kappa shape index (κ3) is 1.54. The SMILES string of the molecule is Cc1cc2c(O)c(-c3noc(CN)n3)ccc2[nH]1. The van der Waals surface area contributed by atoms with Gasteiger partial charge < -0.3 is 20.3 Å². The molecule has 6 nitrogen and oxygen atoms in total. The second-order valence-corrected chi connectivity index (χ2v) is 4.09. The van der Waals surface area contributed by atoms with Crippen molar-refractivity contribution in [2.24, 2.45) is 5.73 Å². The Morgan fingerprint density at radius 3 is 3.00 bits per heavy atom. The van der Waals surface area contributed by atoms with Gasteiger partial charge in [-0.25, -0.2) is 0 Å². The van der Waals surface area contributed by atoms with Gasteiger partial charge in [0.25, 0.3) is 0 Å². The van der Waals surface area contributed by atoms with E-state index < -0.39 is 0 Å². The number of aryl methyl sites for hydroxylation is 1. The summed E-state index contributed by atoms with van der Waals surface area (Å²) in [6.07, 6.45) is 0. The number of aromatic hydroxyl groups is 1. The first-order valence-electron chi connectivity index (χ1n) is 5.53. The van der Waals surface area contributed by atoms with E-state index in [1.54, 1.807) is 6.07 Å². The van der Waals surface area contributed by atoms with Crippen LogP contribution in [0.1, 0.15) is 11.6 Å². The summed E-state index contributed by atoms with van der Waals surface area (Å²) in [5.41, 5.74) is 7.79. The average molecular weight is 244 g/mol. The number of benzene rings is 1. The number of nitrogens with zero attached hydrogens (tertiary/aromatic N) is 2. The van der Waals surface area contributed by atoms with Crippen LogP contribution in [0, 0.1) is 6.92 Å². The molecule has 92 valence electrons. The van der Waals surface area contributed by atoms with Crippen molar-refractivity contribution in [1.82, 2.24) is 15.1 Å². The Labute approximate surface area is 102 Å². The fourth-order valence-electron chi connectivity index (χ4n) is 1.96. The van der Waals surface area contributed by atoms with Crippen LogP contribution < -0.4 is 5.73 Å². The molecule has 0 unspecified atom stereocenters. The van der Waals surface area contributed by atoms with Gasteiger partial charge in [0.1, 0.15) is 5.75 Å². The van der Waals surface area contributed by atoms with Crippen LogP contribution in [0.4, 0.5) is 0 Å². The van der Waals surface area contributed by atoms with Crippen LogP contribution in [0.3, 0.4) is 0 Å². The van der Waals surface area contributed by atoms with Crippen LogP contribution in [0.2, 0.25) is 0 Å². The van der Waals surface area contributed by atoms with E-state index in [4.69, 9.17) is 10.3 Å². The summed E-state index contributed by atoms with van der Waals surface area (Å²) in [4.78, 5) is 7.25. The number of phenolic OH excluding ortho intramolecular Hbond substituents is 1. The van der Waals surface area contributed by atoms with Gasteiger partial charge in [-0.15, -0.1) is 0 Å². The van der Waals surface area contributed by atoms with Crippen LogP contribution >= 0.6 is 0 Å². The summed E-state index contributed by atoms with van der Waals surface area (Å²) in [5, 5.41) is 14.8. The molecule has 0 amide bonds. The summed E-state index contributed by atoms with van der Waals surface area (Å²) in [6, 6.07) is 5.49. The van der Waals surface area contributed by atoms with Crippen LogP contribution in [0.15, 0.2) is 22.7 Å². The molecule has 2 heterocycles. The van der Waals surface area contributed by atoms with Crippen LogP contribution in [-0.4, -0.2) is 20.2 Å². The summed E-state index contributed by atoms with van der Waals surface area (Å²) >= 11 is 0. The molecule has 3 rings (SSSR count). The van der Waals surface area contributed by atoms with E-state index in [9.17, 15) is 5.11 Å². The van der Waals surface area contributed by atoms with Gasteiger partial charge in [0, 0.05) is 16.6 Å². The van der Waals surface area contributed by atoms with Gasteiger partial charge in [-0.3, -0.25) is 0 Å². The molecular weight excluding hydrogens is 232 g/mol. The largest absolute Gasteiger partial charge is 0.506 e. The number of fused-ring (bicyclic) bond motifs is 1. The predicted octanol–water partition coefficient (Wildman–Crippen LogP) is 1.69. The smallest absolute Gasteiger partial charge is 0.240 e. The molecular formula is C12H12N4O2. The molecule has 0 atom stereocenters. The molecule has 4 N–H and O–H groups in total. The van der Waals surface area contributed by atoms with Crippen molar-refractivity contribution in [3.05, 3.63) is 29.8 Å². The molecule has 0 fully saturated rings. The summed E-state index contributed by atoms with van der Waals surface area (Å²) in [6.45, 7) is 2.11. The van der Waals surface area contributed by atoms with Crippen molar-refractivity contribution in [3.63, 3.8) is 0 Å². The average Bonchev–Trinajstić information content (AvgIpc) is 2.95. The monoisotopic (exact) mass is 244 g/mol. The number of hydrogen-bond acceptors (Lipinski definition) is 5. The first-order valence-corrected chi connectivity index (χ1v) is 5.53. The molecule has 3 aromatic rings. The normalized spacial score (nSPS) is 11.2. The van der Waals surface area contributed by atoms with Crippen molar-refractivity contribution in [1.29, 1.82) is 0 Å². The third-order valence-electron chi connectivity index (χ3n) is 2.79. The third-order valence-corrected chi connectivity index (χ3v) is 2.79. The second kappa shape index (κ2) is 3.85.